The Hall–Kier alpha value is -1.75. The summed E-state index contributed by atoms with van der Waals surface area (Å²) in [6.07, 6.45) is 0.714. The van der Waals surface area contributed by atoms with Gasteiger partial charge in [0.05, 0.1) is 23.8 Å². The number of fused-ring (bicyclic) bond motifs is 1. The van der Waals surface area contributed by atoms with Gasteiger partial charge in [0, 0.05) is 18.1 Å². The average Bonchev–Trinajstić information content (AvgIpc) is 2.60. The molecule has 108 valence electrons. The lowest BCUT2D eigenvalue weighted by Gasteiger charge is -2.19. The van der Waals surface area contributed by atoms with E-state index in [-0.39, 0.29) is 16.5 Å². The number of rotatable bonds is 3. The minimum Gasteiger partial charge on any atom is -0.489 e. The summed E-state index contributed by atoms with van der Waals surface area (Å²) in [5, 5.41) is 9.02. The number of Topliss-reactive ketones (excluding diaryl/α,β-unsaturated/α-hetero) is 1. The molecule has 0 fully saturated rings. The molecule has 0 atom stereocenters. The number of ketones is 1. The maximum absolute atomic E-state index is 11.9. The molecule has 5 nitrogen and oxygen atoms in total. The lowest BCUT2D eigenvalue weighted by molar-refractivity contribution is -0.131. The summed E-state index contributed by atoms with van der Waals surface area (Å²) in [7, 11) is 0. The molecule has 0 saturated heterocycles. The van der Waals surface area contributed by atoms with Gasteiger partial charge < -0.3 is 14.6 Å². The van der Waals surface area contributed by atoms with Crippen molar-refractivity contribution in [2.45, 2.75) is 26.2 Å². The highest BCUT2D eigenvalue weighted by atomic mass is 35.5. The van der Waals surface area contributed by atoms with E-state index in [1.54, 1.807) is 0 Å². The first-order valence-corrected chi connectivity index (χ1v) is 6.71. The number of carboxylic acids is 1. The number of hydrogen-bond donors (Lipinski definition) is 1. The van der Waals surface area contributed by atoms with Crippen molar-refractivity contribution < 1.29 is 24.2 Å². The highest BCUT2D eigenvalue weighted by Gasteiger charge is 2.29. The highest BCUT2D eigenvalue weighted by molar-refractivity contribution is 6.45. The van der Waals surface area contributed by atoms with Crippen LogP contribution in [0.4, 0.5) is 0 Å². The molecule has 0 unspecified atom stereocenters. The SMILES string of the molecule is CC(C)c1c2c(cc(Cl)c1C(=O)C(=O)O)OCCCO2. The fourth-order valence-corrected chi connectivity index (χ4v) is 2.47. The van der Waals surface area contributed by atoms with Crippen molar-refractivity contribution in [3.8, 4) is 11.5 Å². The van der Waals surface area contributed by atoms with Crippen LogP contribution in [0.25, 0.3) is 0 Å². The first-order chi connectivity index (χ1) is 9.43. The smallest absolute Gasteiger partial charge is 0.377 e. The van der Waals surface area contributed by atoms with Crippen molar-refractivity contribution in [3.63, 3.8) is 0 Å². The van der Waals surface area contributed by atoms with Gasteiger partial charge in [-0.05, 0) is 5.92 Å². The molecule has 0 aliphatic carbocycles. The van der Waals surface area contributed by atoms with Crippen molar-refractivity contribution in [1.82, 2.24) is 0 Å². The van der Waals surface area contributed by atoms with Gasteiger partial charge in [0.25, 0.3) is 5.78 Å². The second-order valence-corrected chi connectivity index (χ2v) is 5.22. The molecule has 1 aliphatic heterocycles. The Labute approximate surface area is 121 Å². The second-order valence-electron chi connectivity index (χ2n) is 4.81. The van der Waals surface area contributed by atoms with E-state index in [0.717, 1.165) is 0 Å². The number of halogens is 1. The zero-order valence-electron chi connectivity index (χ0n) is 11.2. The van der Waals surface area contributed by atoms with Crippen LogP contribution in [0.3, 0.4) is 0 Å². The monoisotopic (exact) mass is 298 g/mol. The Morgan fingerprint density at radius 3 is 2.55 bits per heavy atom. The van der Waals surface area contributed by atoms with Crippen LogP contribution >= 0.6 is 11.6 Å². The van der Waals surface area contributed by atoms with Gasteiger partial charge in [-0.3, -0.25) is 4.79 Å². The molecule has 0 aromatic heterocycles. The molecule has 6 heteroatoms. The van der Waals surface area contributed by atoms with Gasteiger partial charge in [-0.15, -0.1) is 0 Å². The van der Waals surface area contributed by atoms with Gasteiger partial charge >= 0.3 is 5.97 Å². The molecule has 0 spiro atoms. The molecule has 1 aromatic rings. The van der Waals surface area contributed by atoms with E-state index in [4.69, 9.17) is 26.2 Å². The summed E-state index contributed by atoms with van der Waals surface area (Å²) in [5.41, 5.74) is 0.472. The topological polar surface area (TPSA) is 72.8 Å². The number of ether oxygens (including phenoxy) is 2. The van der Waals surface area contributed by atoms with Crippen molar-refractivity contribution in [1.29, 1.82) is 0 Å². The van der Waals surface area contributed by atoms with E-state index in [0.29, 0.717) is 36.7 Å². The molecule has 1 heterocycles. The number of benzene rings is 1. The Kier molecular flexibility index (Phi) is 4.18. The zero-order valence-corrected chi connectivity index (χ0v) is 12.0. The van der Waals surface area contributed by atoms with Gasteiger partial charge in [-0.25, -0.2) is 4.79 Å². The van der Waals surface area contributed by atoms with Crippen molar-refractivity contribution >= 4 is 23.4 Å². The Bertz CT molecular complexity index is 565. The van der Waals surface area contributed by atoms with Crippen LogP contribution in [0, 0.1) is 0 Å². The van der Waals surface area contributed by atoms with Crippen LogP contribution in [0.5, 0.6) is 11.5 Å². The molecule has 0 amide bonds. The quantitative estimate of drug-likeness (QED) is 0.686. The van der Waals surface area contributed by atoms with Crippen molar-refractivity contribution in [2.24, 2.45) is 0 Å². The summed E-state index contributed by atoms with van der Waals surface area (Å²) in [4.78, 5) is 22.9. The predicted octanol–water partition coefficient (Wildman–Crippen LogP) is 2.89. The fraction of sp³-hybridized carbons (Fsp3) is 0.429. The highest BCUT2D eigenvalue weighted by Crippen LogP contribution is 2.43. The van der Waals surface area contributed by atoms with Crippen molar-refractivity contribution in [2.75, 3.05) is 13.2 Å². The lowest BCUT2D eigenvalue weighted by Crippen LogP contribution is -2.17. The van der Waals surface area contributed by atoms with Crippen LogP contribution in [-0.2, 0) is 4.79 Å². The van der Waals surface area contributed by atoms with Crippen LogP contribution in [-0.4, -0.2) is 30.1 Å². The van der Waals surface area contributed by atoms with Gasteiger partial charge in [-0.2, -0.15) is 0 Å². The van der Waals surface area contributed by atoms with Gasteiger partial charge in [-0.1, -0.05) is 25.4 Å². The van der Waals surface area contributed by atoms with E-state index in [1.165, 1.54) is 6.07 Å². The normalized spacial score (nSPS) is 14.0. The molecular weight excluding hydrogens is 284 g/mol. The molecule has 1 N–H and O–H groups in total. The van der Waals surface area contributed by atoms with Crippen LogP contribution in [0.15, 0.2) is 6.07 Å². The summed E-state index contributed by atoms with van der Waals surface area (Å²) in [6, 6.07) is 1.45. The lowest BCUT2D eigenvalue weighted by atomic mass is 9.93. The van der Waals surface area contributed by atoms with E-state index < -0.39 is 11.8 Å². The molecule has 20 heavy (non-hydrogen) atoms. The summed E-state index contributed by atoms with van der Waals surface area (Å²) < 4.78 is 11.2. The summed E-state index contributed by atoms with van der Waals surface area (Å²) in [6.45, 7) is 4.64. The minimum absolute atomic E-state index is 0.0154. The molecule has 2 rings (SSSR count). The molecule has 0 radical (unpaired) electrons. The number of carboxylic acid groups (broad SMARTS) is 1. The second kappa shape index (κ2) is 5.71. The third-order valence-corrected chi connectivity index (χ3v) is 3.32. The molecular formula is C14H15ClO5. The van der Waals surface area contributed by atoms with Gasteiger partial charge in [0.1, 0.15) is 0 Å². The number of carbonyl (C=O) groups is 2. The molecule has 1 aromatic carbocycles. The van der Waals surface area contributed by atoms with Crippen LogP contribution in [0.2, 0.25) is 5.02 Å². The Balaban J connectivity index is 2.71. The van der Waals surface area contributed by atoms with Crippen molar-refractivity contribution in [3.05, 3.63) is 22.2 Å². The maximum atomic E-state index is 11.9. The van der Waals surface area contributed by atoms with Crippen LogP contribution < -0.4 is 9.47 Å². The van der Waals surface area contributed by atoms with E-state index >= 15 is 0 Å². The number of carbonyl (C=O) groups excluding carboxylic acids is 1. The van der Waals surface area contributed by atoms with Gasteiger partial charge in [0.15, 0.2) is 11.5 Å². The van der Waals surface area contributed by atoms with E-state index in [1.807, 2.05) is 13.8 Å². The first kappa shape index (κ1) is 14.7. The van der Waals surface area contributed by atoms with E-state index in [2.05, 4.69) is 0 Å². The van der Waals surface area contributed by atoms with E-state index in [9.17, 15) is 9.59 Å². The molecule has 0 bridgehead atoms. The molecule has 1 aliphatic rings. The minimum atomic E-state index is -1.54. The van der Waals surface area contributed by atoms with Crippen LogP contribution in [0.1, 0.15) is 42.1 Å². The summed E-state index contributed by atoms with van der Waals surface area (Å²) in [5.74, 6) is -1.82. The number of aliphatic carboxylic acids is 1. The standard InChI is InChI=1S/C14H15ClO5/c1-7(2)10-11(12(16)14(17)18)8(15)6-9-13(10)20-5-3-4-19-9/h6-7H,3-5H2,1-2H3,(H,17,18). The first-order valence-electron chi connectivity index (χ1n) is 6.33. The van der Waals surface area contributed by atoms with Gasteiger partial charge in [0.2, 0.25) is 0 Å². The number of hydrogen-bond acceptors (Lipinski definition) is 4. The third kappa shape index (κ3) is 2.58. The maximum Gasteiger partial charge on any atom is 0.377 e. The average molecular weight is 299 g/mol. The predicted molar refractivity (Wildman–Crippen MR) is 73.1 cm³/mol. The molecule has 0 saturated carbocycles. The summed E-state index contributed by atoms with van der Waals surface area (Å²) >= 11 is 6.08. The zero-order chi connectivity index (χ0) is 14.9. The third-order valence-electron chi connectivity index (χ3n) is 3.03. The fourth-order valence-electron chi connectivity index (χ4n) is 2.19. The Morgan fingerprint density at radius 2 is 1.95 bits per heavy atom. The largest absolute Gasteiger partial charge is 0.489 e. The Morgan fingerprint density at radius 1 is 1.30 bits per heavy atom.